The Balaban J connectivity index is 0.000000441. The van der Waals surface area contributed by atoms with Gasteiger partial charge in [-0.15, -0.1) is 0 Å². The maximum atomic E-state index is 10.8. The molecule has 1 atom stereocenters. The molecule has 110 valence electrons. The Morgan fingerprint density at radius 3 is 1.90 bits per heavy atom. The van der Waals surface area contributed by atoms with Crippen molar-refractivity contribution in [1.29, 1.82) is 0 Å². The van der Waals surface area contributed by atoms with Gasteiger partial charge in [0.15, 0.2) is 0 Å². The zero-order chi connectivity index (χ0) is 15.9. The Morgan fingerprint density at radius 2 is 1.60 bits per heavy atom. The van der Waals surface area contributed by atoms with Crippen LogP contribution in [0, 0.1) is 5.41 Å². The van der Waals surface area contributed by atoms with Gasteiger partial charge < -0.3 is 20.4 Å². The molecule has 8 heteroatoms. The van der Waals surface area contributed by atoms with Crippen molar-refractivity contribution in [2.45, 2.75) is 19.8 Å². The van der Waals surface area contributed by atoms with E-state index in [-0.39, 0.29) is 12.0 Å². The molecule has 4 N–H and O–H groups in total. The molecule has 0 fully saturated rings. The summed E-state index contributed by atoms with van der Waals surface area (Å²) in [6, 6.07) is 0. The summed E-state index contributed by atoms with van der Waals surface area (Å²) in [5, 5.41) is 32.9. The zero-order valence-corrected chi connectivity index (χ0v) is 10.6. The van der Waals surface area contributed by atoms with Crippen molar-refractivity contribution in [2.24, 2.45) is 5.41 Å². The highest BCUT2D eigenvalue weighted by atomic mass is 16.4. The van der Waals surface area contributed by atoms with Crippen LogP contribution in [-0.4, -0.2) is 44.3 Å². The molecule has 8 nitrogen and oxygen atoms in total. The number of rotatable bonds is 4. The van der Waals surface area contributed by atoms with Gasteiger partial charge in [-0.3, -0.25) is 14.4 Å². The molecule has 0 spiro atoms. The minimum absolute atomic E-state index is 0.0359. The summed E-state index contributed by atoms with van der Waals surface area (Å²) in [5.74, 6) is -4.69. The summed E-state index contributed by atoms with van der Waals surface area (Å²) < 4.78 is 0. The average molecular weight is 286 g/mol. The van der Waals surface area contributed by atoms with Crippen LogP contribution in [0.25, 0.3) is 0 Å². The molecule has 1 rings (SSSR count). The second-order valence-electron chi connectivity index (χ2n) is 4.22. The lowest BCUT2D eigenvalue weighted by molar-refractivity contribution is -0.148. The minimum Gasteiger partial charge on any atom is -0.481 e. The zero-order valence-electron chi connectivity index (χ0n) is 10.6. The van der Waals surface area contributed by atoms with E-state index >= 15 is 0 Å². The third-order valence-corrected chi connectivity index (χ3v) is 2.38. The molecule has 0 saturated carbocycles. The predicted octanol–water partition coefficient (Wildman–Crippen LogP) is 0.594. The molecule has 1 unspecified atom stereocenters. The summed E-state index contributed by atoms with van der Waals surface area (Å²) in [6.45, 7) is 1.50. The highest BCUT2D eigenvalue weighted by Gasteiger charge is 2.34. The molecule has 0 radical (unpaired) electrons. The van der Waals surface area contributed by atoms with Gasteiger partial charge >= 0.3 is 23.9 Å². The molecule has 0 heterocycles. The standard InChI is InChI=1S/C9H10O4.C3H4O4/c1-9(8(12)13)4-2-3-6(5-9)7(10)11;4-2(5)1-3(6)7/h2-4H,5H2,1H3,(H,10,11)(H,12,13);1H2,(H,4,5)(H,6,7). The molecule has 20 heavy (non-hydrogen) atoms. The maximum Gasteiger partial charge on any atom is 0.331 e. The van der Waals surface area contributed by atoms with Gasteiger partial charge in [-0.25, -0.2) is 4.79 Å². The van der Waals surface area contributed by atoms with Crippen LogP contribution in [-0.2, 0) is 19.2 Å². The van der Waals surface area contributed by atoms with E-state index in [1.165, 1.54) is 25.2 Å². The van der Waals surface area contributed by atoms with Gasteiger partial charge in [0.2, 0.25) is 0 Å². The summed E-state index contributed by atoms with van der Waals surface area (Å²) in [6.07, 6.45) is 3.63. The number of hydrogen-bond donors (Lipinski definition) is 4. The van der Waals surface area contributed by atoms with Crippen LogP contribution in [0.3, 0.4) is 0 Å². The van der Waals surface area contributed by atoms with E-state index in [0.717, 1.165) is 0 Å². The first-order valence-corrected chi connectivity index (χ1v) is 5.37. The second-order valence-corrected chi connectivity index (χ2v) is 4.22. The molecule has 0 saturated heterocycles. The van der Waals surface area contributed by atoms with Gasteiger partial charge in [0.1, 0.15) is 6.42 Å². The monoisotopic (exact) mass is 286 g/mol. The van der Waals surface area contributed by atoms with Crippen LogP contribution >= 0.6 is 0 Å². The lowest BCUT2D eigenvalue weighted by Crippen LogP contribution is -2.28. The largest absolute Gasteiger partial charge is 0.481 e. The Morgan fingerprint density at radius 1 is 1.10 bits per heavy atom. The van der Waals surface area contributed by atoms with E-state index in [1.54, 1.807) is 0 Å². The van der Waals surface area contributed by atoms with Gasteiger partial charge in [0, 0.05) is 5.57 Å². The molecular weight excluding hydrogens is 272 g/mol. The molecule has 0 aromatic carbocycles. The van der Waals surface area contributed by atoms with Crippen molar-refractivity contribution in [3.63, 3.8) is 0 Å². The van der Waals surface area contributed by atoms with Crippen molar-refractivity contribution in [2.75, 3.05) is 0 Å². The molecule has 1 aliphatic carbocycles. The summed E-state index contributed by atoms with van der Waals surface area (Å²) in [4.78, 5) is 40.2. The van der Waals surface area contributed by atoms with E-state index in [2.05, 4.69) is 0 Å². The third kappa shape index (κ3) is 5.80. The number of carboxylic acids is 4. The number of aliphatic carboxylic acids is 4. The fraction of sp³-hybridized carbons (Fsp3) is 0.333. The smallest absolute Gasteiger partial charge is 0.331 e. The predicted molar refractivity (Wildman–Crippen MR) is 65.1 cm³/mol. The molecule has 0 aromatic rings. The Bertz CT molecular complexity index is 476. The van der Waals surface area contributed by atoms with E-state index in [9.17, 15) is 19.2 Å². The normalized spacial score (nSPS) is 20.1. The Kier molecular flexibility index (Phi) is 6.14. The minimum atomic E-state index is -1.31. The van der Waals surface area contributed by atoms with Crippen molar-refractivity contribution < 1.29 is 39.6 Å². The van der Waals surface area contributed by atoms with Crippen molar-refractivity contribution >= 4 is 23.9 Å². The van der Waals surface area contributed by atoms with E-state index in [0.29, 0.717) is 0 Å². The van der Waals surface area contributed by atoms with Gasteiger partial charge in [0.25, 0.3) is 0 Å². The summed E-state index contributed by atoms with van der Waals surface area (Å²) >= 11 is 0. The van der Waals surface area contributed by atoms with Gasteiger partial charge in [0.05, 0.1) is 5.41 Å². The summed E-state index contributed by atoms with van der Waals surface area (Å²) in [7, 11) is 0. The molecule has 0 bridgehead atoms. The highest BCUT2D eigenvalue weighted by molar-refractivity contribution is 5.90. The number of carboxylic acid groups (broad SMARTS) is 4. The maximum absolute atomic E-state index is 10.8. The third-order valence-electron chi connectivity index (χ3n) is 2.38. The molecule has 0 amide bonds. The van der Waals surface area contributed by atoms with Crippen LogP contribution < -0.4 is 0 Å². The van der Waals surface area contributed by atoms with Crippen LogP contribution in [0.2, 0.25) is 0 Å². The van der Waals surface area contributed by atoms with Crippen LogP contribution in [0.4, 0.5) is 0 Å². The Labute approximate surface area is 113 Å². The first kappa shape index (κ1) is 17.4. The van der Waals surface area contributed by atoms with Gasteiger partial charge in [-0.05, 0) is 13.3 Å². The first-order valence-electron chi connectivity index (χ1n) is 5.37. The molecule has 0 aromatic heterocycles. The first-order chi connectivity index (χ1) is 9.08. The highest BCUT2D eigenvalue weighted by Crippen LogP contribution is 2.31. The van der Waals surface area contributed by atoms with Crippen LogP contribution in [0.15, 0.2) is 23.8 Å². The molecule has 1 aliphatic rings. The molecule has 0 aliphatic heterocycles. The topological polar surface area (TPSA) is 149 Å². The van der Waals surface area contributed by atoms with Crippen LogP contribution in [0.5, 0.6) is 0 Å². The fourth-order valence-corrected chi connectivity index (χ4v) is 1.31. The van der Waals surface area contributed by atoms with Crippen molar-refractivity contribution in [3.8, 4) is 0 Å². The number of allylic oxidation sites excluding steroid dienone is 2. The van der Waals surface area contributed by atoms with Crippen molar-refractivity contribution in [1.82, 2.24) is 0 Å². The number of carbonyl (C=O) groups is 4. The van der Waals surface area contributed by atoms with Gasteiger partial charge in [-0.1, -0.05) is 18.2 Å². The summed E-state index contributed by atoms with van der Waals surface area (Å²) in [5.41, 5.74) is -0.949. The average Bonchev–Trinajstić information content (AvgIpc) is 2.27. The Hall–Kier alpha value is -2.64. The fourth-order valence-electron chi connectivity index (χ4n) is 1.31. The van der Waals surface area contributed by atoms with Gasteiger partial charge in [-0.2, -0.15) is 0 Å². The lowest BCUT2D eigenvalue weighted by Gasteiger charge is -2.23. The molecular formula is C12H14O8. The quantitative estimate of drug-likeness (QED) is 0.548. The van der Waals surface area contributed by atoms with E-state index < -0.39 is 35.7 Å². The van der Waals surface area contributed by atoms with E-state index in [4.69, 9.17) is 20.4 Å². The van der Waals surface area contributed by atoms with E-state index in [1.807, 2.05) is 0 Å². The number of hydrogen-bond acceptors (Lipinski definition) is 4. The van der Waals surface area contributed by atoms with Crippen LogP contribution in [0.1, 0.15) is 19.8 Å². The second kappa shape index (κ2) is 7.07. The lowest BCUT2D eigenvalue weighted by atomic mass is 9.80. The SMILES string of the molecule is CC1(C(=O)O)C=CC=C(C(=O)O)C1.O=C(O)CC(=O)O. The van der Waals surface area contributed by atoms with Crippen molar-refractivity contribution in [3.05, 3.63) is 23.8 Å².